The zero-order chi connectivity index (χ0) is 24.6. The maximum atomic E-state index is 12.1. The number of esters is 1. The van der Waals surface area contributed by atoms with Gasteiger partial charge in [0.1, 0.15) is 6.61 Å². The quantitative estimate of drug-likeness (QED) is 0.0762. The Morgan fingerprint density at radius 2 is 1.44 bits per heavy atom. The van der Waals surface area contributed by atoms with Gasteiger partial charge >= 0.3 is 35.5 Å². The Balaban J connectivity index is 0. The molecule has 8 heteroatoms. The van der Waals surface area contributed by atoms with Crippen molar-refractivity contribution >= 4 is 17.8 Å². The Kier molecular flexibility index (Phi) is 27.2. The second-order valence-corrected chi connectivity index (χ2v) is 8.39. The molecule has 1 amide bonds. The molecule has 2 N–H and O–H groups in total. The van der Waals surface area contributed by atoms with Crippen LogP contribution in [-0.2, 0) is 19.1 Å². The second-order valence-electron chi connectivity index (χ2n) is 8.39. The van der Waals surface area contributed by atoms with E-state index in [0.29, 0.717) is 12.5 Å². The number of amides is 1. The molecule has 0 aliphatic carbocycles. The zero-order valence-corrected chi connectivity index (χ0v) is 23.4. The first-order valence-corrected chi connectivity index (χ1v) is 12.6. The van der Waals surface area contributed by atoms with Crippen molar-refractivity contribution in [1.29, 1.82) is 0 Å². The van der Waals surface area contributed by atoms with Crippen molar-refractivity contribution in [3.05, 3.63) is 24.3 Å². The Hall–Kier alpha value is -1.15. The largest absolute Gasteiger partial charge is 1.00 e. The summed E-state index contributed by atoms with van der Waals surface area (Å²) in [6.07, 6.45) is 22.1. The van der Waals surface area contributed by atoms with Crippen LogP contribution >= 0.6 is 0 Å². The van der Waals surface area contributed by atoms with Crippen LogP contribution in [0.3, 0.4) is 0 Å². The van der Waals surface area contributed by atoms with E-state index in [0.717, 1.165) is 38.2 Å². The molecule has 0 saturated heterocycles. The average Bonchev–Trinajstić information content (AvgIpc) is 2.78. The van der Waals surface area contributed by atoms with Crippen LogP contribution in [0.4, 0.5) is 0 Å². The van der Waals surface area contributed by atoms with Crippen LogP contribution in [0.5, 0.6) is 0 Å². The molecule has 34 heavy (non-hydrogen) atoms. The second kappa shape index (κ2) is 26.5. The molecular formula is C26H44NNaO6. The number of ether oxygens (including phenoxy) is 1. The van der Waals surface area contributed by atoms with Crippen molar-refractivity contribution in [2.75, 3.05) is 13.2 Å². The molecule has 7 nitrogen and oxygen atoms in total. The van der Waals surface area contributed by atoms with Crippen LogP contribution in [0.2, 0.25) is 0 Å². The summed E-state index contributed by atoms with van der Waals surface area (Å²) in [6.45, 7) is 1.95. The van der Waals surface area contributed by atoms with Crippen LogP contribution in [-0.4, -0.2) is 42.2 Å². The van der Waals surface area contributed by atoms with Crippen molar-refractivity contribution in [1.82, 2.24) is 5.32 Å². The van der Waals surface area contributed by atoms with Gasteiger partial charge < -0.3 is 25.1 Å². The molecule has 0 aromatic heterocycles. The number of aliphatic hydroxyl groups is 1. The van der Waals surface area contributed by atoms with Gasteiger partial charge in [-0.25, -0.2) is 4.79 Å². The molecule has 0 aromatic carbocycles. The fourth-order valence-electron chi connectivity index (χ4n) is 3.38. The van der Waals surface area contributed by atoms with Crippen molar-refractivity contribution in [3.63, 3.8) is 0 Å². The Morgan fingerprint density at radius 3 is 2.00 bits per heavy atom. The van der Waals surface area contributed by atoms with Gasteiger partial charge in [-0.3, -0.25) is 4.79 Å². The van der Waals surface area contributed by atoms with Gasteiger partial charge in [-0.2, -0.15) is 0 Å². The summed E-state index contributed by atoms with van der Waals surface area (Å²) in [5.74, 6) is -2.48. The van der Waals surface area contributed by atoms with Gasteiger partial charge in [0, 0.05) is 19.1 Å². The van der Waals surface area contributed by atoms with Gasteiger partial charge in [0.05, 0.1) is 12.0 Å². The standard InChI is InChI=1S/C26H45NO6.Na/c1-2-3-4-5-6-7-8-9-10-11-12-13-14-15-16-17-24(29)27-23(20-21-28)22-33-26(32)19-18-25(30)31;/h9-10,18-19,23,28H,2-8,11-17,20-22H2,1H3,(H,27,29)(H,30,31);/q;+1/p-1/b10-9-,19-18-;. The molecule has 0 heterocycles. The minimum atomic E-state index is -1.49. The minimum absolute atomic E-state index is 0. The third-order valence-electron chi connectivity index (χ3n) is 5.29. The fraction of sp³-hybridized carbons (Fsp3) is 0.731. The van der Waals surface area contributed by atoms with E-state index < -0.39 is 18.0 Å². The summed E-state index contributed by atoms with van der Waals surface area (Å²) in [5, 5.41) is 22.1. The zero-order valence-electron chi connectivity index (χ0n) is 21.4. The van der Waals surface area contributed by atoms with Crippen molar-refractivity contribution in [2.45, 2.75) is 109 Å². The molecule has 0 bridgehead atoms. The number of carboxylic acid groups (broad SMARTS) is 1. The van der Waals surface area contributed by atoms with Gasteiger partial charge in [-0.15, -0.1) is 0 Å². The summed E-state index contributed by atoms with van der Waals surface area (Å²) in [5.41, 5.74) is 0. The van der Waals surface area contributed by atoms with E-state index in [4.69, 9.17) is 9.84 Å². The van der Waals surface area contributed by atoms with E-state index in [2.05, 4.69) is 24.4 Å². The van der Waals surface area contributed by atoms with Gasteiger partial charge in [-0.05, 0) is 44.6 Å². The molecule has 1 atom stereocenters. The number of rotatable bonds is 22. The number of hydrogen-bond donors (Lipinski definition) is 2. The Morgan fingerprint density at radius 1 is 0.882 bits per heavy atom. The molecule has 0 spiro atoms. The predicted molar refractivity (Wildman–Crippen MR) is 128 cm³/mol. The molecule has 0 rings (SSSR count). The number of nitrogens with one attached hydrogen (secondary N) is 1. The van der Waals surface area contributed by atoms with E-state index in [1.807, 2.05) is 0 Å². The summed E-state index contributed by atoms with van der Waals surface area (Å²) in [4.78, 5) is 33.7. The van der Waals surface area contributed by atoms with Gasteiger partial charge in [0.15, 0.2) is 0 Å². The summed E-state index contributed by atoms with van der Waals surface area (Å²) >= 11 is 0. The normalized spacial score (nSPS) is 11.9. The predicted octanol–water partition coefficient (Wildman–Crippen LogP) is 0.744. The number of aliphatic carboxylic acids is 1. The summed E-state index contributed by atoms with van der Waals surface area (Å²) in [7, 11) is 0. The van der Waals surface area contributed by atoms with Crippen molar-refractivity contribution in [2.24, 2.45) is 0 Å². The topological polar surface area (TPSA) is 116 Å². The van der Waals surface area contributed by atoms with Crippen LogP contribution in [0, 0.1) is 0 Å². The number of unbranched alkanes of at least 4 members (excludes halogenated alkanes) is 11. The molecule has 0 radical (unpaired) electrons. The summed E-state index contributed by atoms with van der Waals surface area (Å²) < 4.78 is 4.89. The Labute approximate surface area is 228 Å². The number of hydrogen-bond acceptors (Lipinski definition) is 6. The summed E-state index contributed by atoms with van der Waals surface area (Å²) in [6, 6.07) is -0.508. The van der Waals surface area contributed by atoms with E-state index in [9.17, 15) is 19.5 Å². The molecule has 0 aliphatic rings. The fourth-order valence-corrected chi connectivity index (χ4v) is 3.38. The molecule has 1 unspecified atom stereocenters. The third kappa shape index (κ3) is 25.5. The molecule has 0 saturated carbocycles. The number of carbonyl (C=O) groups is 3. The van der Waals surface area contributed by atoms with E-state index >= 15 is 0 Å². The maximum Gasteiger partial charge on any atom is 1.00 e. The van der Waals surface area contributed by atoms with E-state index in [1.54, 1.807) is 0 Å². The number of carboxylic acids is 1. The molecule has 190 valence electrons. The maximum absolute atomic E-state index is 12.1. The van der Waals surface area contributed by atoms with Gasteiger partial charge in [-0.1, -0.05) is 70.4 Å². The van der Waals surface area contributed by atoms with Gasteiger partial charge in [0.2, 0.25) is 5.91 Å². The first-order chi connectivity index (χ1) is 16.0. The number of carbonyl (C=O) groups excluding carboxylic acids is 3. The van der Waals surface area contributed by atoms with E-state index in [-0.39, 0.29) is 55.1 Å². The average molecular weight is 490 g/mol. The Bertz CT molecular complexity index is 580. The molecule has 0 aromatic rings. The van der Waals surface area contributed by atoms with Crippen molar-refractivity contribution < 1.29 is 58.9 Å². The third-order valence-corrected chi connectivity index (χ3v) is 5.29. The van der Waals surface area contributed by atoms with Crippen LogP contribution < -0.4 is 40.0 Å². The minimum Gasteiger partial charge on any atom is -0.545 e. The first-order valence-electron chi connectivity index (χ1n) is 12.6. The molecular weight excluding hydrogens is 445 g/mol. The smallest absolute Gasteiger partial charge is 0.545 e. The number of allylic oxidation sites excluding steroid dienone is 2. The van der Waals surface area contributed by atoms with Gasteiger partial charge in [0.25, 0.3) is 0 Å². The van der Waals surface area contributed by atoms with Crippen LogP contribution in [0.15, 0.2) is 24.3 Å². The molecule has 0 aliphatic heterocycles. The van der Waals surface area contributed by atoms with E-state index in [1.165, 1.54) is 51.4 Å². The van der Waals surface area contributed by atoms with Crippen molar-refractivity contribution in [3.8, 4) is 0 Å². The molecule has 0 fully saturated rings. The first kappa shape index (κ1) is 35.0. The van der Waals surface area contributed by atoms with Crippen LogP contribution in [0.25, 0.3) is 0 Å². The van der Waals surface area contributed by atoms with Crippen LogP contribution in [0.1, 0.15) is 103 Å². The number of aliphatic hydroxyl groups excluding tert-OH is 1. The SMILES string of the molecule is CCCCCCCC/C=C\CCCCCCCC(=O)NC(CCO)COC(=O)/C=C\C(=O)[O-].[Na+]. The monoisotopic (exact) mass is 489 g/mol.